The van der Waals surface area contributed by atoms with Crippen LogP contribution in [0, 0.1) is 5.92 Å². The first-order valence-electron chi connectivity index (χ1n) is 6.09. The lowest BCUT2D eigenvalue weighted by Crippen LogP contribution is -2.43. The van der Waals surface area contributed by atoms with Crippen LogP contribution in [0.25, 0.3) is 0 Å². The molecule has 16 heavy (non-hydrogen) atoms. The van der Waals surface area contributed by atoms with Crippen molar-refractivity contribution in [1.29, 1.82) is 0 Å². The molecule has 3 heteroatoms. The van der Waals surface area contributed by atoms with Gasteiger partial charge < -0.3 is 4.90 Å². The van der Waals surface area contributed by atoms with Crippen molar-refractivity contribution in [2.45, 2.75) is 18.5 Å². The summed E-state index contributed by atoms with van der Waals surface area (Å²) < 4.78 is 0. The van der Waals surface area contributed by atoms with Crippen molar-refractivity contribution in [3.63, 3.8) is 0 Å². The van der Waals surface area contributed by atoms with E-state index in [2.05, 4.69) is 53.1 Å². The Morgan fingerprint density at radius 3 is 2.81 bits per heavy atom. The van der Waals surface area contributed by atoms with Crippen molar-refractivity contribution >= 4 is 0 Å². The van der Waals surface area contributed by atoms with E-state index in [1.165, 1.54) is 25.1 Å². The summed E-state index contributed by atoms with van der Waals surface area (Å²) in [5.41, 5.74) is 8.31. The maximum Gasteiger partial charge on any atom is 0.0518 e. The van der Waals surface area contributed by atoms with Gasteiger partial charge in [-0.15, -0.1) is 0 Å². The molecule has 0 spiro atoms. The van der Waals surface area contributed by atoms with Gasteiger partial charge in [-0.2, -0.15) is 0 Å². The van der Waals surface area contributed by atoms with Gasteiger partial charge in [-0.3, -0.25) is 5.43 Å². The second-order valence-electron chi connectivity index (χ2n) is 5.00. The van der Waals surface area contributed by atoms with E-state index in [1.54, 1.807) is 0 Å². The second-order valence-corrected chi connectivity index (χ2v) is 5.00. The third-order valence-electron chi connectivity index (χ3n) is 3.87. The number of nitrogens with one attached hydrogen (secondary N) is 2. The second kappa shape index (κ2) is 4.17. The number of hydrazine groups is 1. The molecule has 1 aromatic carbocycles. The fourth-order valence-electron chi connectivity index (χ4n) is 2.96. The lowest BCUT2D eigenvalue weighted by atomic mass is 9.85. The zero-order valence-corrected chi connectivity index (χ0v) is 9.69. The normalized spacial score (nSPS) is 34.9. The van der Waals surface area contributed by atoms with Crippen molar-refractivity contribution in [2.75, 3.05) is 20.1 Å². The van der Waals surface area contributed by atoms with Crippen LogP contribution in [-0.4, -0.2) is 31.1 Å². The highest BCUT2D eigenvalue weighted by Crippen LogP contribution is 2.32. The molecule has 0 amide bonds. The summed E-state index contributed by atoms with van der Waals surface area (Å²) in [5.74, 6) is 0.696. The predicted octanol–water partition coefficient (Wildman–Crippen LogP) is 1.16. The largest absolute Gasteiger partial charge is 0.306 e. The van der Waals surface area contributed by atoms with E-state index in [0.717, 1.165) is 0 Å². The van der Waals surface area contributed by atoms with Crippen LogP contribution in [0.5, 0.6) is 0 Å². The van der Waals surface area contributed by atoms with Crippen LogP contribution in [0.15, 0.2) is 30.3 Å². The first-order valence-corrected chi connectivity index (χ1v) is 6.09. The minimum Gasteiger partial charge on any atom is -0.306 e. The van der Waals surface area contributed by atoms with Gasteiger partial charge in [-0.1, -0.05) is 30.3 Å². The smallest absolute Gasteiger partial charge is 0.0518 e. The Morgan fingerprint density at radius 1 is 1.19 bits per heavy atom. The number of hydrogen-bond donors (Lipinski definition) is 2. The van der Waals surface area contributed by atoms with Gasteiger partial charge >= 0.3 is 0 Å². The predicted molar refractivity (Wildman–Crippen MR) is 64.8 cm³/mol. The third-order valence-corrected chi connectivity index (χ3v) is 3.87. The Bertz CT molecular complexity index is 351. The SMILES string of the molecule is CN1CCC2NNC(c3ccccc3)C2C1. The van der Waals surface area contributed by atoms with Crippen LogP contribution in [-0.2, 0) is 0 Å². The van der Waals surface area contributed by atoms with Crippen LogP contribution in [0.4, 0.5) is 0 Å². The highest BCUT2D eigenvalue weighted by atomic mass is 15.4. The summed E-state index contributed by atoms with van der Waals surface area (Å²) in [6, 6.07) is 11.9. The van der Waals surface area contributed by atoms with E-state index in [1.807, 2.05) is 0 Å². The molecule has 3 nitrogen and oxygen atoms in total. The Morgan fingerprint density at radius 2 is 2.00 bits per heavy atom. The zero-order valence-electron chi connectivity index (χ0n) is 9.69. The summed E-state index contributed by atoms with van der Waals surface area (Å²) in [7, 11) is 2.22. The number of likely N-dealkylation sites (tertiary alicyclic amines) is 1. The number of fused-ring (bicyclic) bond motifs is 1. The summed E-state index contributed by atoms with van der Waals surface area (Å²) in [4.78, 5) is 2.44. The lowest BCUT2D eigenvalue weighted by molar-refractivity contribution is 0.185. The topological polar surface area (TPSA) is 27.3 Å². The lowest BCUT2D eigenvalue weighted by Gasteiger charge is -2.33. The number of nitrogens with zero attached hydrogens (tertiary/aromatic N) is 1. The maximum absolute atomic E-state index is 3.46. The van der Waals surface area contributed by atoms with Crippen molar-refractivity contribution in [2.24, 2.45) is 5.92 Å². The van der Waals surface area contributed by atoms with Gasteiger partial charge in [0, 0.05) is 18.5 Å². The molecule has 2 N–H and O–H groups in total. The Balaban J connectivity index is 1.82. The molecule has 3 unspecified atom stereocenters. The fraction of sp³-hybridized carbons (Fsp3) is 0.538. The molecule has 2 saturated heterocycles. The Labute approximate surface area is 96.8 Å². The average molecular weight is 217 g/mol. The molecule has 0 saturated carbocycles. The molecule has 3 rings (SSSR count). The fourth-order valence-corrected chi connectivity index (χ4v) is 2.96. The molecule has 3 atom stereocenters. The van der Waals surface area contributed by atoms with Gasteiger partial charge in [0.1, 0.15) is 0 Å². The van der Waals surface area contributed by atoms with Gasteiger partial charge in [-0.05, 0) is 25.6 Å². The molecular formula is C13H19N3. The number of piperidine rings is 1. The van der Waals surface area contributed by atoms with E-state index in [9.17, 15) is 0 Å². The number of benzene rings is 1. The summed E-state index contributed by atoms with van der Waals surface area (Å²) in [6.07, 6.45) is 1.25. The molecule has 2 aliphatic heterocycles. The quantitative estimate of drug-likeness (QED) is 0.739. The Hall–Kier alpha value is -0.900. The highest BCUT2D eigenvalue weighted by Gasteiger charge is 2.39. The molecular weight excluding hydrogens is 198 g/mol. The van der Waals surface area contributed by atoms with Gasteiger partial charge in [0.25, 0.3) is 0 Å². The van der Waals surface area contributed by atoms with Crippen LogP contribution in [0.1, 0.15) is 18.0 Å². The molecule has 2 aliphatic rings. The highest BCUT2D eigenvalue weighted by molar-refractivity contribution is 5.21. The van der Waals surface area contributed by atoms with Gasteiger partial charge in [-0.25, -0.2) is 5.43 Å². The standard InChI is InChI=1S/C13H19N3/c1-16-8-7-12-11(9-16)13(15-14-12)10-5-3-2-4-6-10/h2-6,11-15H,7-9H2,1H3. The van der Waals surface area contributed by atoms with E-state index >= 15 is 0 Å². The van der Waals surface area contributed by atoms with Gasteiger partial charge in [0.15, 0.2) is 0 Å². The summed E-state index contributed by atoms with van der Waals surface area (Å²) >= 11 is 0. The van der Waals surface area contributed by atoms with Crippen molar-refractivity contribution in [3.05, 3.63) is 35.9 Å². The molecule has 1 aromatic rings. The van der Waals surface area contributed by atoms with E-state index in [4.69, 9.17) is 0 Å². The van der Waals surface area contributed by atoms with Crippen molar-refractivity contribution < 1.29 is 0 Å². The van der Waals surface area contributed by atoms with Gasteiger partial charge in [0.05, 0.1) is 6.04 Å². The number of rotatable bonds is 1. The van der Waals surface area contributed by atoms with Crippen LogP contribution in [0.2, 0.25) is 0 Å². The van der Waals surface area contributed by atoms with Crippen LogP contribution in [0.3, 0.4) is 0 Å². The van der Waals surface area contributed by atoms with Crippen molar-refractivity contribution in [3.8, 4) is 0 Å². The van der Waals surface area contributed by atoms with Crippen molar-refractivity contribution in [1.82, 2.24) is 15.8 Å². The minimum absolute atomic E-state index is 0.467. The average Bonchev–Trinajstić information content (AvgIpc) is 2.73. The van der Waals surface area contributed by atoms with Gasteiger partial charge in [0.2, 0.25) is 0 Å². The zero-order chi connectivity index (χ0) is 11.0. The van der Waals surface area contributed by atoms with Crippen LogP contribution < -0.4 is 10.9 Å². The molecule has 2 fully saturated rings. The van der Waals surface area contributed by atoms with E-state index in [0.29, 0.717) is 18.0 Å². The van der Waals surface area contributed by atoms with Crippen LogP contribution >= 0.6 is 0 Å². The third kappa shape index (κ3) is 1.75. The molecule has 0 aromatic heterocycles. The Kier molecular flexibility index (Phi) is 2.67. The van der Waals surface area contributed by atoms with E-state index in [-0.39, 0.29) is 0 Å². The summed E-state index contributed by atoms with van der Waals surface area (Å²) in [5, 5.41) is 0. The minimum atomic E-state index is 0.467. The molecule has 2 heterocycles. The molecule has 0 bridgehead atoms. The molecule has 86 valence electrons. The molecule has 0 aliphatic carbocycles. The first-order chi connectivity index (χ1) is 7.84. The monoisotopic (exact) mass is 217 g/mol. The molecule has 0 radical (unpaired) electrons. The first kappa shape index (κ1) is 10.3. The summed E-state index contributed by atoms with van der Waals surface area (Å²) in [6.45, 7) is 2.39. The maximum atomic E-state index is 3.46. The van der Waals surface area contributed by atoms with E-state index < -0.39 is 0 Å². The number of hydrogen-bond acceptors (Lipinski definition) is 3.